The molecule has 2 N–H and O–H groups in total. The molecule has 1 saturated carbocycles. The lowest BCUT2D eigenvalue weighted by Gasteiger charge is -2.46. The largest absolute Gasteiger partial charge is 0.321 e. The molecule has 1 saturated heterocycles. The number of hydrogen-bond donors (Lipinski definition) is 1. The minimum atomic E-state index is -2.68. The van der Waals surface area contributed by atoms with Gasteiger partial charge in [0.15, 0.2) is 0 Å². The number of rotatable bonds is 2. The molecule has 2 atom stereocenters. The molecule has 1 aliphatic heterocycles. The van der Waals surface area contributed by atoms with E-state index in [9.17, 15) is 8.78 Å². The fraction of sp³-hybridized carbons (Fsp3) is 1.00. The normalized spacial score (nSPS) is 35.0. The predicted octanol–water partition coefficient (Wildman–Crippen LogP) is 1.53. The third-order valence-corrected chi connectivity index (χ3v) is 4.46. The maximum atomic E-state index is 13.6. The molecule has 1 aliphatic carbocycles. The first-order valence-corrected chi connectivity index (χ1v) is 7.03. The summed E-state index contributed by atoms with van der Waals surface area (Å²) in [6, 6.07) is -0.589. The number of piperazine rings is 1. The Labute approximate surface area is 108 Å². The van der Waals surface area contributed by atoms with E-state index >= 15 is 0 Å². The van der Waals surface area contributed by atoms with Gasteiger partial charge < -0.3 is 5.73 Å². The predicted molar refractivity (Wildman–Crippen MR) is 68.8 cm³/mol. The van der Waals surface area contributed by atoms with Crippen molar-refractivity contribution in [1.82, 2.24) is 9.80 Å². The average molecular weight is 261 g/mol. The fourth-order valence-electron chi connectivity index (χ4n) is 3.17. The number of hydrogen-bond acceptors (Lipinski definition) is 3. The van der Waals surface area contributed by atoms with Crippen molar-refractivity contribution in [2.24, 2.45) is 5.73 Å². The summed E-state index contributed by atoms with van der Waals surface area (Å²) in [5.74, 6) is -2.68. The average Bonchev–Trinajstić information content (AvgIpc) is 2.33. The summed E-state index contributed by atoms with van der Waals surface area (Å²) < 4.78 is 27.3. The summed E-state index contributed by atoms with van der Waals surface area (Å²) >= 11 is 0. The standard InChI is InChI=1S/C13H25F2N3/c1-10(2)17-6-8-18(9-7-17)11-4-3-5-13(14,15)12(11)16/h10-12H,3-9,16H2,1-2H3/t11-,12?/m0/s1. The third-order valence-electron chi connectivity index (χ3n) is 4.46. The van der Waals surface area contributed by atoms with Crippen LogP contribution in [0.2, 0.25) is 0 Å². The Kier molecular flexibility index (Phi) is 4.24. The summed E-state index contributed by atoms with van der Waals surface area (Å²) in [6.45, 7) is 8.02. The zero-order valence-electron chi connectivity index (χ0n) is 11.4. The van der Waals surface area contributed by atoms with Crippen molar-refractivity contribution in [1.29, 1.82) is 0 Å². The van der Waals surface area contributed by atoms with Crippen LogP contribution in [0.3, 0.4) is 0 Å². The van der Waals surface area contributed by atoms with Crippen LogP contribution in [-0.4, -0.2) is 60.0 Å². The molecule has 0 aromatic heterocycles. The van der Waals surface area contributed by atoms with E-state index in [4.69, 9.17) is 5.73 Å². The van der Waals surface area contributed by atoms with E-state index < -0.39 is 12.0 Å². The van der Waals surface area contributed by atoms with Gasteiger partial charge in [-0.15, -0.1) is 0 Å². The smallest absolute Gasteiger partial charge is 0.264 e. The molecule has 2 rings (SSSR count). The Morgan fingerprint density at radius 1 is 1.17 bits per heavy atom. The van der Waals surface area contributed by atoms with Gasteiger partial charge in [0.1, 0.15) is 0 Å². The van der Waals surface area contributed by atoms with Crippen molar-refractivity contribution in [3.05, 3.63) is 0 Å². The minimum Gasteiger partial charge on any atom is -0.321 e. The Bertz CT molecular complexity index is 275. The van der Waals surface area contributed by atoms with Crippen LogP contribution in [0.5, 0.6) is 0 Å². The second-order valence-corrected chi connectivity index (χ2v) is 5.91. The zero-order valence-corrected chi connectivity index (χ0v) is 11.4. The molecule has 1 heterocycles. The Balaban J connectivity index is 1.93. The lowest BCUT2D eigenvalue weighted by atomic mass is 9.86. The Hall–Kier alpha value is -0.260. The number of nitrogens with two attached hydrogens (primary N) is 1. The second-order valence-electron chi connectivity index (χ2n) is 5.91. The monoisotopic (exact) mass is 261 g/mol. The van der Waals surface area contributed by atoms with Crippen LogP contribution in [0.25, 0.3) is 0 Å². The number of nitrogens with zero attached hydrogens (tertiary/aromatic N) is 2. The fourth-order valence-corrected chi connectivity index (χ4v) is 3.17. The third kappa shape index (κ3) is 2.83. The van der Waals surface area contributed by atoms with E-state index in [0.29, 0.717) is 12.5 Å². The minimum absolute atomic E-state index is 0.0450. The SMILES string of the molecule is CC(C)N1CCN([C@H]2CCCC(F)(F)C2N)CC1. The first-order chi connectivity index (χ1) is 8.42. The molecule has 0 aromatic carbocycles. The van der Waals surface area contributed by atoms with Crippen LogP contribution >= 0.6 is 0 Å². The molecule has 5 heteroatoms. The molecule has 1 unspecified atom stereocenters. The van der Waals surface area contributed by atoms with Gasteiger partial charge in [-0.25, -0.2) is 8.78 Å². The summed E-state index contributed by atoms with van der Waals surface area (Å²) in [5, 5.41) is 0. The van der Waals surface area contributed by atoms with Crippen molar-refractivity contribution in [2.75, 3.05) is 26.2 Å². The molecule has 2 aliphatic rings. The van der Waals surface area contributed by atoms with E-state index in [1.54, 1.807) is 0 Å². The zero-order chi connectivity index (χ0) is 13.3. The molecule has 0 bridgehead atoms. The Morgan fingerprint density at radius 3 is 2.33 bits per heavy atom. The second kappa shape index (κ2) is 5.39. The van der Waals surface area contributed by atoms with Gasteiger partial charge in [0.2, 0.25) is 0 Å². The molecule has 2 fully saturated rings. The van der Waals surface area contributed by atoms with Crippen LogP contribution in [0.4, 0.5) is 8.78 Å². The van der Waals surface area contributed by atoms with E-state index in [1.807, 2.05) is 0 Å². The summed E-state index contributed by atoms with van der Waals surface area (Å²) in [6.07, 6.45) is 1.37. The van der Waals surface area contributed by atoms with Crippen LogP contribution < -0.4 is 5.73 Å². The molecule has 0 amide bonds. The van der Waals surface area contributed by atoms with Crippen molar-refractivity contribution in [3.63, 3.8) is 0 Å². The van der Waals surface area contributed by atoms with Gasteiger partial charge in [-0.2, -0.15) is 0 Å². The molecule has 0 aromatic rings. The first kappa shape index (κ1) is 14.2. The van der Waals surface area contributed by atoms with Gasteiger partial charge in [0.05, 0.1) is 6.04 Å². The molecule has 3 nitrogen and oxygen atoms in total. The van der Waals surface area contributed by atoms with Gasteiger partial charge in [0.25, 0.3) is 5.92 Å². The first-order valence-electron chi connectivity index (χ1n) is 7.03. The maximum absolute atomic E-state index is 13.6. The number of alkyl halides is 2. The topological polar surface area (TPSA) is 32.5 Å². The van der Waals surface area contributed by atoms with Crippen molar-refractivity contribution >= 4 is 0 Å². The highest BCUT2D eigenvalue weighted by Gasteiger charge is 2.46. The van der Waals surface area contributed by atoms with Gasteiger partial charge in [-0.05, 0) is 26.7 Å². The van der Waals surface area contributed by atoms with E-state index in [0.717, 1.165) is 32.6 Å². The van der Waals surface area contributed by atoms with E-state index in [-0.39, 0.29) is 12.5 Å². The van der Waals surface area contributed by atoms with Crippen molar-refractivity contribution < 1.29 is 8.78 Å². The maximum Gasteiger partial charge on any atom is 0.264 e. The lowest BCUT2D eigenvalue weighted by molar-refractivity contribution is -0.0882. The van der Waals surface area contributed by atoms with Crippen LogP contribution in [0.15, 0.2) is 0 Å². The van der Waals surface area contributed by atoms with Gasteiger partial charge in [-0.3, -0.25) is 9.80 Å². The van der Waals surface area contributed by atoms with Crippen molar-refractivity contribution in [2.45, 2.75) is 57.2 Å². The summed E-state index contributed by atoms with van der Waals surface area (Å²) in [5.41, 5.74) is 5.78. The molecule has 18 heavy (non-hydrogen) atoms. The number of halogens is 2. The summed E-state index contributed by atoms with van der Waals surface area (Å²) in [7, 11) is 0. The van der Waals surface area contributed by atoms with Crippen LogP contribution in [0, 0.1) is 0 Å². The van der Waals surface area contributed by atoms with Crippen LogP contribution in [0.1, 0.15) is 33.1 Å². The van der Waals surface area contributed by atoms with Gasteiger partial charge in [-0.1, -0.05) is 0 Å². The quantitative estimate of drug-likeness (QED) is 0.818. The van der Waals surface area contributed by atoms with Crippen LogP contribution in [-0.2, 0) is 0 Å². The van der Waals surface area contributed by atoms with Crippen molar-refractivity contribution in [3.8, 4) is 0 Å². The highest BCUT2D eigenvalue weighted by atomic mass is 19.3. The van der Waals surface area contributed by atoms with Gasteiger partial charge in [0, 0.05) is 44.7 Å². The molecular weight excluding hydrogens is 236 g/mol. The summed E-state index contributed by atoms with van der Waals surface area (Å²) in [4.78, 5) is 4.57. The molecule has 0 radical (unpaired) electrons. The Morgan fingerprint density at radius 2 is 1.78 bits per heavy atom. The van der Waals surface area contributed by atoms with Gasteiger partial charge >= 0.3 is 0 Å². The van der Waals surface area contributed by atoms with E-state index in [1.165, 1.54) is 0 Å². The highest BCUT2D eigenvalue weighted by molar-refractivity contribution is 4.97. The molecule has 0 spiro atoms. The molecular formula is C13H25F2N3. The lowest BCUT2D eigenvalue weighted by Crippen LogP contribution is -2.62. The highest BCUT2D eigenvalue weighted by Crippen LogP contribution is 2.35. The molecule has 106 valence electrons. The van der Waals surface area contributed by atoms with E-state index in [2.05, 4.69) is 23.6 Å².